The summed E-state index contributed by atoms with van der Waals surface area (Å²) in [5.74, 6) is 0.673. The fraction of sp³-hybridized carbons (Fsp3) is 0.533. The molecule has 0 aliphatic rings. The maximum atomic E-state index is 11.1. The molecule has 0 bridgehead atoms. The van der Waals surface area contributed by atoms with Crippen LogP contribution >= 0.6 is 11.8 Å². The van der Waals surface area contributed by atoms with E-state index in [1.807, 2.05) is 24.3 Å². The summed E-state index contributed by atoms with van der Waals surface area (Å²) in [4.78, 5) is 12.2. The quantitative estimate of drug-likeness (QED) is 0.429. The second-order valence-electron chi connectivity index (χ2n) is 4.47. The second-order valence-corrected chi connectivity index (χ2v) is 5.57. The van der Waals surface area contributed by atoms with Gasteiger partial charge in [0.1, 0.15) is 0 Å². The Hall–Kier alpha value is -0.840. The summed E-state index contributed by atoms with van der Waals surface area (Å²) in [7, 11) is 0. The highest BCUT2D eigenvalue weighted by molar-refractivity contribution is 7.99. The molecule has 1 aromatic rings. The molecule has 1 N–H and O–H groups in total. The van der Waals surface area contributed by atoms with E-state index in [9.17, 15) is 9.90 Å². The van der Waals surface area contributed by atoms with Gasteiger partial charge in [-0.25, -0.2) is 0 Å². The minimum Gasteiger partial charge on any atom is -0.390 e. The Morgan fingerprint density at radius 1 is 1.37 bits per heavy atom. The van der Waals surface area contributed by atoms with Gasteiger partial charge in [-0.2, -0.15) is 0 Å². The van der Waals surface area contributed by atoms with Crippen LogP contribution in [0.4, 0.5) is 0 Å². The number of aliphatic hydroxyl groups is 1. The first-order valence-corrected chi connectivity index (χ1v) is 7.61. The molecule has 0 saturated heterocycles. The minimum atomic E-state index is -0.450. The number of rotatable bonds is 9. The van der Waals surface area contributed by atoms with E-state index in [1.54, 1.807) is 18.7 Å². The van der Waals surface area contributed by atoms with Crippen LogP contribution in [0.25, 0.3) is 0 Å². The summed E-state index contributed by atoms with van der Waals surface area (Å²) in [6.45, 7) is 4.77. The Bertz CT molecular complexity index is 375. The van der Waals surface area contributed by atoms with Crippen LogP contribution in [0.3, 0.4) is 0 Å². The minimum absolute atomic E-state index is 0.0703. The van der Waals surface area contributed by atoms with Crippen molar-refractivity contribution in [3.8, 4) is 0 Å². The number of carbonyl (C=O) groups excluding carboxylic acids is 1. The molecule has 19 heavy (non-hydrogen) atoms. The zero-order valence-corrected chi connectivity index (χ0v) is 12.4. The van der Waals surface area contributed by atoms with Crippen molar-refractivity contribution in [2.75, 3.05) is 19.0 Å². The first-order chi connectivity index (χ1) is 9.13. The monoisotopic (exact) mass is 282 g/mol. The highest BCUT2D eigenvalue weighted by Crippen LogP contribution is 2.19. The Kier molecular flexibility index (Phi) is 7.79. The van der Waals surface area contributed by atoms with Gasteiger partial charge in [-0.15, -0.1) is 11.8 Å². The van der Waals surface area contributed by atoms with E-state index in [0.717, 1.165) is 17.7 Å². The average Bonchev–Trinajstić information content (AvgIpc) is 2.42. The number of ether oxygens (including phenoxy) is 1. The van der Waals surface area contributed by atoms with Crippen LogP contribution in [0.2, 0.25) is 0 Å². The van der Waals surface area contributed by atoms with Gasteiger partial charge in [0.2, 0.25) is 0 Å². The largest absolute Gasteiger partial charge is 0.390 e. The molecule has 0 saturated carbocycles. The van der Waals surface area contributed by atoms with Crippen molar-refractivity contribution in [2.45, 2.75) is 37.7 Å². The van der Waals surface area contributed by atoms with Gasteiger partial charge < -0.3 is 9.84 Å². The molecule has 1 aromatic carbocycles. The molecular formula is C15H22O3S. The van der Waals surface area contributed by atoms with Gasteiger partial charge in [0, 0.05) is 22.8 Å². The smallest absolute Gasteiger partial charge is 0.159 e. The number of Topliss-reactive ketones (excluding diaryl/α,β-unsaturated/α-hetero) is 1. The van der Waals surface area contributed by atoms with Crippen molar-refractivity contribution in [3.63, 3.8) is 0 Å². The van der Waals surface area contributed by atoms with Crippen LogP contribution in [-0.2, 0) is 4.74 Å². The van der Waals surface area contributed by atoms with E-state index in [4.69, 9.17) is 4.74 Å². The predicted octanol–water partition coefficient (Wildman–Crippen LogP) is 3.16. The highest BCUT2D eigenvalue weighted by atomic mass is 32.2. The van der Waals surface area contributed by atoms with E-state index < -0.39 is 6.10 Å². The number of aliphatic hydroxyl groups excluding tert-OH is 1. The fourth-order valence-electron chi connectivity index (χ4n) is 1.49. The van der Waals surface area contributed by atoms with Crippen LogP contribution in [-0.4, -0.2) is 36.0 Å². The molecule has 0 aliphatic heterocycles. The zero-order chi connectivity index (χ0) is 14.1. The molecule has 106 valence electrons. The Labute approximate surface area is 119 Å². The molecular weight excluding hydrogens is 260 g/mol. The fourth-order valence-corrected chi connectivity index (χ4v) is 2.30. The third-order valence-electron chi connectivity index (χ3n) is 2.66. The molecule has 3 nitrogen and oxygen atoms in total. The van der Waals surface area contributed by atoms with Gasteiger partial charge >= 0.3 is 0 Å². The SMILES string of the molecule is CCCCOCC(O)CSc1ccc(C(C)=O)cc1. The molecule has 0 aromatic heterocycles. The van der Waals surface area contributed by atoms with Gasteiger partial charge in [0.05, 0.1) is 12.7 Å². The number of carbonyl (C=O) groups is 1. The van der Waals surface area contributed by atoms with E-state index in [-0.39, 0.29) is 5.78 Å². The number of hydrogen-bond acceptors (Lipinski definition) is 4. The first kappa shape index (κ1) is 16.2. The maximum Gasteiger partial charge on any atom is 0.159 e. The lowest BCUT2D eigenvalue weighted by Gasteiger charge is -2.10. The van der Waals surface area contributed by atoms with Crippen molar-refractivity contribution >= 4 is 17.5 Å². The molecule has 1 unspecified atom stereocenters. The second kappa shape index (κ2) is 9.13. The van der Waals surface area contributed by atoms with Crippen molar-refractivity contribution in [2.24, 2.45) is 0 Å². The van der Waals surface area contributed by atoms with E-state index >= 15 is 0 Å². The van der Waals surface area contributed by atoms with Crippen molar-refractivity contribution in [1.29, 1.82) is 0 Å². The third-order valence-corrected chi connectivity index (χ3v) is 3.81. The number of benzene rings is 1. The van der Waals surface area contributed by atoms with E-state index in [1.165, 1.54) is 0 Å². The van der Waals surface area contributed by atoms with E-state index in [0.29, 0.717) is 24.5 Å². The van der Waals surface area contributed by atoms with E-state index in [2.05, 4.69) is 6.92 Å². The molecule has 1 atom stereocenters. The van der Waals surface area contributed by atoms with Crippen LogP contribution in [0.5, 0.6) is 0 Å². The lowest BCUT2D eigenvalue weighted by molar-refractivity contribution is 0.0473. The Balaban J connectivity index is 2.25. The van der Waals surface area contributed by atoms with Crippen molar-refractivity contribution in [1.82, 2.24) is 0 Å². The van der Waals surface area contributed by atoms with Gasteiger partial charge in [0.25, 0.3) is 0 Å². The average molecular weight is 282 g/mol. The summed E-state index contributed by atoms with van der Waals surface area (Å²) in [5, 5.41) is 9.75. The standard InChI is InChI=1S/C15H22O3S/c1-3-4-9-18-10-14(17)11-19-15-7-5-13(6-8-15)12(2)16/h5-8,14,17H,3-4,9-11H2,1-2H3. The Morgan fingerprint density at radius 3 is 2.63 bits per heavy atom. The molecule has 0 fully saturated rings. The van der Waals surface area contributed by atoms with Gasteiger partial charge in [0.15, 0.2) is 5.78 Å². The number of unbranched alkanes of at least 4 members (excludes halogenated alkanes) is 1. The lowest BCUT2D eigenvalue weighted by atomic mass is 10.2. The summed E-state index contributed by atoms with van der Waals surface area (Å²) in [6.07, 6.45) is 1.69. The molecule has 4 heteroatoms. The molecule has 0 radical (unpaired) electrons. The van der Waals surface area contributed by atoms with Crippen LogP contribution in [0, 0.1) is 0 Å². The topological polar surface area (TPSA) is 46.5 Å². The number of thioether (sulfide) groups is 1. The Morgan fingerprint density at radius 2 is 2.05 bits per heavy atom. The maximum absolute atomic E-state index is 11.1. The number of ketones is 1. The van der Waals surface area contributed by atoms with Crippen LogP contribution in [0.15, 0.2) is 29.2 Å². The summed E-state index contributed by atoms with van der Waals surface area (Å²) in [5.41, 5.74) is 0.716. The lowest BCUT2D eigenvalue weighted by Crippen LogP contribution is -2.18. The normalized spacial score (nSPS) is 12.4. The van der Waals surface area contributed by atoms with Gasteiger partial charge in [-0.1, -0.05) is 25.5 Å². The predicted molar refractivity (Wildman–Crippen MR) is 78.9 cm³/mol. The van der Waals surface area contributed by atoms with Crippen LogP contribution < -0.4 is 0 Å². The molecule has 0 aliphatic carbocycles. The number of hydrogen-bond donors (Lipinski definition) is 1. The third kappa shape index (κ3) is 6.76. The van der Waals surface area contributed by atoms with Gasteiger partial charge in [-0.3, -0.25) is 4.79 Å². The van der Waals surface area contributed by atoms with Crippen molar-refractivity contribution < 1.29 is 14.6 Å². The molecule has 0 heterocycles. The molecule has 1 rings (SSSR count). The molecule has 0 spiro atoms. The first-order valence-electron chi connectivity index (χ1n) is 6.63. The van der Waals surface area contributed by atoms with Crippen molar-refractivity contribution in [3.05, 3.63) is 29.8 Å². The zero-order valence-electron chi connectivity index (χ0n) is 11.6. The van der Waals surface area contributed by atoms with Gasteiger partial charge in [-0.05, 0) is 25.5 Å². The highest BCUT2D eigenvalue weighted by Gasteiger charge is 2.06. The molecule has 0 amide bonds. The van der Waals surface area contributed by atoms with Crippen LogP contribution in [0.1, 0.15) is 37.0 Å². The summed E-state index contributed by atoms with van der Waals surface area (Å²) >= 11 is 1.57. The summed E-state index contributed by atoms with van der Waals surface area (Å²) in [6, 6.07) is 7.45. The summed E-state index contributed by atoms with van der Waals surface area (Å²) < 4.78 is 5.37.